The van der Waals surface area contributed by atoms with Crippen molar-refractivity contribution in [1.82, 2.24) is 14.9 Å². The van der Waals surface area contributed by atoms with E-state index in [-0.39, 0.29) is 0 Å². The molecule has 0 aromatic carbocycles. The molecule has 3 aliphatic rings. The minimum absolute atomic E-state index is 0.367. The smallest absolute Gasteiger partial charge is 0.225 e. The van der Waals surface area contributed by atoms with Crippen LogP contribution in [0.2, 0.25) is 0 Å². The fraction of sp³-hybridized carbons (Fsp3) is 0.706. The van der Waals surface area contributed by atoms with Crippen LogP contribution in [-0.2, 0) is 4.79 Å². The van der Waals surface area contributed by atoms with Gasteiger partial charge in [0.05, 0.1) is 0 Å². The van der Waals surface area contributed by atoms with Gasteiger partial charge in [-0.05, 0) is 43.1 Å². The Morgan fingerprint density at radius 1 is 1.09 bits per heavy atom. The lowest BCUT2D eigenvalue weighted by Crippen LogP contribution is -2.49. The van der Waals surface area contributed by atoms with Gasteiger partial charge in [-0.1, -0.05) is 6.42 Å². The van der Waals surface area contributed by atoms with Crippen LogP contribution in [0, 0.1) is 17.8 Å². The number of hydrogen-bond acceptors (Lipinski definition) is 4. The molecule has 1 amide bonds. The third-order valence-electron chi connectivity index (χ3n) is 5.79. The van der Waals surface area contributed by atoms with Crippen molar-refractivity contribution in [3.8, 4) is 0 Å². The van der Waals surface area contributed by atoms with Crippen LogP contribution in [0.15, 0.2) is 18.5 Å². The molecule has 5 nitrogen and oxygen atoms in total. The van der Waals surface area contributed by atoms with Crippen LogP contribution in [0.5, 0.6) is 0 Å². The van der Waals surface area contributed by atoms with Crippen LogP contribution in [0.3, 0.4) is 0 Å². The molecule has 2 heterocycles. The summed E-state index contributed by atoms with van der Waals surface area (Å²) in [6.07, 6.45) is 9.78. The van der Waals surface area contributed by atoms with Gasteiger partial charge in [-0.2, -0.15) is 0 Å². The van der Waals surface area contributed by atoms with Gasteiger partial charge in [0.1, 0.15) is 0 Å². The van der Waals surface area contributed by atoms with Crippen LogP contribution >= 0.6 is 0 Å². The predicted octanol–water partition coefficient (Wildman–Crippen LogP) is 1.95. The maximum atomic E-state index is 12.5. The molecule has 2 bridgehead atoms. The summed E-state index contributed by atoms with van der Waals surface area (Å²) < 4.78 is 0. The summed E-state index contributed by atoms with van der Waals surface area (Å²) in [5.74, 6) is 3.58. The minimum Gasteiger partial charge on any atom is -0.339 e. The molecule has 2 aliphatic carbocycles. The summed E-state index contributed by atoms with van der Waals surface area (Å²) in [4.78, 5) is 25.4. The van der Waals surface area contributed by atoms with Crippen molar-refractivity contribution in [2.24, 2.45) is 17.8 Å². The van der Waals surface area contributed by atoms with Crippen molar-refractivity contribution in [3.05, 3.63) is 18.5 Å². The predicted molar refractivity (Wildman–Crippen MR) is 84.4 cm³/mol. The molecule has 0 unspecified atom stereocenters. The van der Waals surface area contributed by atoms with Crippen molar-refractivity contribution in [2.75, 3.05) is 31.1 Å². The Bertz CT molecular complexity index is 527. The Morgan fingerprint density at radius 3 is 2.50 bits per heavy atom. The maximum Gasteiger partial charge on any atom is 0.225 e. The molecule has 22 heavy (non-hydrogen) atoms. The van der Waals surface area contributed by atoms with Crippen molar-refractivity contribution >= 4 is 11.9 Å². The second-order valence-electron chi connectivity index (χ2n) is 7.06. The summed E-state index contributed by atoms with van der Waals surface area (Å²) in [5.41, 5.74) is 0. The second-order valence-corrected chi connectivity index (χ2v) is 7.06. The number of anilines is 1. The molecule has 0 N–H and O–H groups in total. The first-order chi connectivity index (χ1) is 10.8. The fourth-order valence-electron chi connectivity index (χ4n) is 4.59. The number of aromatic nitrogens is 2. The number of carbonyl (C=O) groups is 1. The van der Waals surface area contributed by atoms with E-state index in [1.54, 1.807) is 12.4 Å². The number of carbonyl (C=O) groups excluding carboxylic acids is 1. The van der Waals surface area contributed by atoms with Gasteiger partial charge in [-0.3, -0.25) is 4.79 Å². The molecule has 1 saturated heterocycles. The topological polar surface area (TPSA) is 49.3 Å². The lowest BCUT2D eigenvalue weighted by Gasteiger charge is -2.35. The largest absolute Gasteiger partial charge is 0.339 e. The molecule has 4 rings (SSSR count). The van der Waals surface area contributed by atoms with Crippen LogP contribution in [0.25, 0.3) is 0 Å². The zero-order valence-electron chi connectivity index (χ0n) is 13.0. The molecule has 1 aromatic rings. The summed E-state index contributed by atoms with van der Waals surface area (Å²) >= 11 is 0. The van der Waals surface area contributed by atoms with E-state index in [2.05, 4.69) is 14.9 Å². The molecular formula is C17H24N4O. The summed E-state index contributed by atoms with van der Waals surface area (Å²) in [7, 11) is 0. The lowest BCUT2D eigenvalue weighted by atomic mass is 9.86. The van der Waals surface area contributed by atoms with Gasteiger partial charge in [-0.25, -0.2) is 9.97 Å². The van der Waals surface area contributed by atoms with E-state index >= 15 is 0 Å². The van der Waals surface area contributed by atoms with E-state index < -0.39 is 0 Å². The first-order valence-corrected chi connectivity index (χ1v) is 8.59. The highest BCUT2D eigenvalue weighted by Gasteiger charge is 2.40. The van der Waals surface area contributed by atoms with Gasteiger partial charge in [0.2, 0.25) is 11.9 Å². The number of rotatable bonds is 3. The van der Waals surface area contributed by atoms with Gasteiger partial charge in [0.15, 0.2) is 0 Å². The minimum atomic E-state index is 0.367. The molecular weight excluding hydrogens is 276 g/mol. The average molecular weight is 300 g/mol. The van der Waals surface area contributed by atoms with Gasteiger partial charge in [0, 0.05) is 45.0 Å². The third kappa shape index (κ3) is 2.69. The Morgan fingerprint density at radius 2 is 1.86 bits per heavy atom. The van der Waals surface area contributed by atoms with Gasteiger partial charge < -0.3 is 9.80 Å². The van der Waals surface area contributed by atoms with Gasteiger partial charge >= 0.3 is 0 Å². The molecule has 1 aliphatic heterocycles. The number of piperazine rings is 1. The van der Waals surface area contributed by atoms with E-state index in [1.165, 1.54) is 25.7 Å². The molecule has 0 radical (unpaired) electrons. The van der Waals surface area contributed by atoms with Crippen molar-refractivity contribution in [3.63, 3.8) is 0 Å². The highest BCUT2D eigenvalue weighted by molar-refractivity contribution is 5.76. The second kappa shape index (κ2) is 5.86. The van der Waals surface area contributed by atoms with E-state index in [1.807, 2.05) is 11.0 Å². The molecule has 2 saturated carbocycles. The van der Waals surface area contributed by atoms with E-state index in [4.69, 9.17) is 0 Å². The zero-order chi connectivity index (χ0) is 14.9. The van der Waals surface area contributed by atoms with E-state index in [9.17, 15) is 4.79 Å². The first kappa shape index (κ1) is 14.0. The van der Waals surface area contributed by atoms with Crippen LogP contribution < -0.4 is 4.90 Å². The lowest BCUT2D eigenvalue weighted by molar-refractivity contribution is -0.132. The van der Waals surface area contributed by atoms with Crippen LogP contribution in [-0.4, -0.2) is 47.0 Å². The SMILES string of the molecule is O=C(C[C@H]1C[C@H]2CC[C@H]1C2)N1CCN(c2ncccn2)CC1. The fourth-order valence-corrected chi connectivity index (χ4v) is 4.59. The van der Waals surface area contributed by atoms with Crippen LogP contribution in [0.1, 0.15) is 32.1 Å². The third-order valence-corrected chi connectivity index (χ3v) is 5.79. The van der Waals surface area contributed by atoms with Crippen LogP contribution in [0.4, 0.5) is 5.95 Å². The molecule has 1 aromatic heterocycles. The Kier molecular flexibility index (Phi) is 3.72. The quantitative estimate of drug-likeness (QED) is 0.856. The number of nitrogens with zero attached hydrogens (tertiary/aromatic N) is 4. The van der Waals surface area contributed by atoms with Crippen molar-refractivity contribution in [1.29, 1.82) is 0 Å². The van der Waals surface area contributed by atoms with E-state index in [0.717, 1.165) is 50.4 Å². The van der Waals surface area contributed by atoms with E-state index in [0.29, 0.717) is 11.8 Å². The van der Waals surface area contributed by atoms with Gasteiger partial charge in [0.25, 0.3) is 0 Å². The monoisotopic (exact) mass is 300 g/mol. The highest BCUT2D eigenvalue weighted by Crippen LogP contribution is 2.49. The molecule has 3 atom stereocenters. The maximum absolute atomic E-state index is 12.5. The van der Waals surface area contributed by atoms with Crippen molar-refractivity contribution < 1.29 is 4.79 Å². The summed E-state index contributed by atoms with van der Waals surface area (Å²) in [6, 6.07) is 1.83. The normalized spacial score (nSPS) is 30.8. The first-order valence-electron chi connectivity index (χ1n) is 8.59. The standard InChI is InChI=1S/C17H24N4O/c22-16(12-15-11-13-2-3-14(15)10-13)20-6-8-21(9-7-20)17-18-4-1-5-19-17/h1,4-5,13-15H,2-3,6-12H2/t13-,14-,15+/m0/s1. The number of amides is 1. The highest BCUT2D eigenvalue weighted by atomic mass is 16.2. The number of hydrogen-bond donors (Lipinski definition) is 0. The summed E-state index contributed by atoms with van der Waals surface area (Å²) in [5, 5.41) is 0. The Balaban J connectivity index is 1.29. The van der Waals surface area contributed by atoms with Gasteiger partial charge in [-0.15, -0.1) is 0 Å². The zero-order valence-corrected chi connectivity index (χ0v) is 13.0. The number of fused-ring (bicyclic) bond motifs is 2. The Hall–Kier alpha value is -1.65. The Labute approximate surface area is 131 Å². The molecule has 3 fully saturated rings. The van der Waals surface area contributed by atoms with Crippen molar-refractivity contribution in [2.45, 2.75) is 32.1 Å². The molecule has 5 heteroatoms. The molecule has 118 valence electrons. The average Bonchev–Trinajstić information content (AvgIpc) is 3.19. The molecule has 0 spiro atoms. The summed E-state index contributed by atoms with van der Waals surface area (Å²) in [6.45, 7) is 3.29.